The number of carbonyl (C=O) groups excluding carboxylic acids is 1. The Morgan fingerprint density at radius 2 is 1.85 bits per heavy atom. The van der Waals surface area contributed by atoms with Gasteiger partial charge in [-0.15, -0.1) is 12.4 Å². The highest BCUT2D eigenvalue weighted by atomic mass is 35.5. The molecule has 1 aromatic carbocycles. The number of likely N-dealkylation sites (tertiary alicyclic amines) is 1. The van der Waals surface area contributed by atoms with Crippen LogP contribution < -0.4 is 14.8 Å². The molecule has 0 aromatic heterocycles. The van der Waals surface area contributed by atoms with Crippen molar-refractivity contribution < 1.29 is 17.9 Å². The first-order valence-corrected chi connectivity index (χ1v) is 10.1. The number of carbonyl (C=O) groups is 1. The third kappa shape index (κ3) is 6.42. The van der Waals surface area contributed by atoms with E-state index >= 15 is 0 Å². The predicted molar refractivity (Wildman–Crippen MR) is 103 cm³/mol. The molecule has 2 N–H and O–H groups in total. The minimum atomic E-state index is -3.62. The zero-order valence-electron chi connectivity index (χ0n) is 15.2. The largest absolute Gasteiger partial charge is 0.494 e. The number of piperidine rings is 1. The summed E-state index contributed by atoms with van der Waals surface area (Å²) in [5.74, 6) is 0.616. The Morgan fingerprint density at radius 1 is 1.23 bits per heavy atom. The number of ether oxygens (including phenoxy) is 1. The van der Waals surface area contributed by atoms with Crippen LogP contribution in [0.1, 0.15) is 26.2 Å². The van der Waals surface area contributed by atoms with Gasteiger partial charge in [0, 0.05) is 32.1 Å². The van der Waals surface area contributed by atoms with Gasteiger partial charge in [-0.25, -0.2) is 13.1 Å². The van der Waals surface area contributed by atoms with Gasteiger partial charge in [0.15, 0.2) is 0 Å². The Hall–Kier alpha value is -1.35. The van der Waals surface area contributed by atoms with Gasteiger partial charge >= 0.3 is 0 Å². The van der Waals surface area contributed by atoms with Crippen LogP contribution in [0, 0.1) is 0 Å². The van der Waals surface area contributed by atoms with E-state index in [0.29, 0.717) is 18.4 Å². The highest BCUT2D eigenvalue weighted by molar-refractivity contribution is 7.89. The fourth-order valence-electron chi connectivity index (χ4n) is 2.83. The summed E-state index contributed by atoms with van der Waals surface area (Å²) in [6, 6.07) is 6.70. The van der Waals surface area contributed by atoms with Gasteiger partial charge in [-0.3, -0.25) is 4.79 Å². The van der Waals surface area contributed by atoms with Crippen LogP contribution in [-0.2, 0) is 14.8 Å². The quantitative estimate of drug-likeness (QED) is 0.682. The zero-order chi connectivity index (χ0) is 18.3. The van der Waals surface area contributed by atoms with Crippen LogP contribution in [0.5, 0.6) is 5.75 Å². The van der Waals surface area contributed by atoms with Crippen molar-refractivity contribution >= 4 is 28.3 Å². The van der Waals surface area contributed by atoms with Crippen LogP contribution in [0.3, 0.4) is 0 Å². The average molecular weight is 406 g/mol. The van der Waals surface area contributed by atoms with Gasteiger partial charge in [0.05, 0.1) is 11.5 Å². The van der Waals surface area contributed by atoms with Gasteiger partial charge in [0.25, 0.3) is 0 Å². The Bertz CT molecular complexity index is 659. The van der Waals surface area contributed by atoms with E-state index in [-0.39, 0.29) is 36.2 Å². The minimum absolute atomic E-state index is 0. The molecule has 1 amide bonds. The lowest BCUT2D eigenvalue weighted by Crippen LogP contribution is -2.44. The molecular formula is C17H28ClN3O4S. The Kier molecular flexibility index (Phi) is 9.35. The molecule has 0 radical (unpaired) electrons. The van der Waals surface area contributed by atoms with Crippen molar-refractivity contribution in [2.24, 2.45) is 0 Å². The van der Waals surface area contributed by atoms with Crippen molar-refractivity contribution in [3.8, 4) is 5.75 Å². The second-order valence-corrected chi connectivity index (χ2v) is 7.76. The number of amides is 1. The lowest BCUT2D eigenvalue weighted by atomic mass is 10.1. The monoisotopic (exact) mass is 405 g/mol. The number of nitrogens with zero attached hydrogens (tertiary/aromatic N) is 1. The fraction of sp³-hybridized carbons (Fsp3) is 0.588. The Balaban J connectivity index is 0.00000338. The molecule has 0 saturated carbocycles. The van der Waals surface area contributed by atoms with E-state index in [1.807, 2.05) is 14.0 Å². The van der Waals surface area contributed by atoms with Crippen molar-refractivity contribution in [1.82, 2.24) is 14.9 Å². The Labute approximate surface area is 161 Å². The summed E-state index contributed by atoms with van der Waals surface area (Å²) in [7, 11) is -1.69. The summed E-state index contributed by atoms with van der Waals surface area (Å²) in [4.78, 5) is 14.2. The lowest BCUT2D eigenvalue weighted by molar-refractivity contribution is -0.132. The molecule has 0 atom stereocenters. The number of hydrogen-bond acceptors (Lipinski definition) is 5. The van der Waals surface area contributed by atoms with Crippen LogP contribution in [0.2, 0.25) is 0 Å². The van der Waals surface area contributed by atoms with E-state index in [9.17, 15) is 13.2 Å². The van der Waals surface area contributed by atoms with Crippen molar-refractivity contribution in [3.63, 3.8) is 0 Å². The van der Waals surface area contributed by atoms with Gasteiger partial charge < -0.3 is 15.0 Å². The maximum absolute atomic E-state index is 12.3. The normalized spacial score (nSPS) is 15.4. The first-order valence-electron chi connectivity index (χ1n) is 8.64. The van der Waals surface area contributed by atoms with Crippen LogP contribution in [0.25, 0.3) is 0 Å². The SMILES string of the molecule is CCOc1ccc(S(=O)(=O)NCCC(=O)N2CCC(NC)CC2)cc1.Cl. The zero-order valence-corrected chi connectivity index (χ0v) is 16.9. The maximum Gasteiger partial charge on any atom is 0.240 e. The molecule has 1 aliphatic rings. The first-order chi connectivity index (χ1) is 12.0. The summed E-state index contributed by atoms with van der Waals surface area (Å²) in [6.07, 6.45) is 2.03. The van der Waals surface area contributed by atoms with Gasteiger partial charge in [-0.2, -0.15) is 0 Å². The van der Waals surface area contributed by atoms with Crippen LogP contribution >= 0.6 is 12.4 Å². The maximum atomic E-state index is 12.3. The topological polar surface area (TPSA) is 87.7 Å². The van der Waals surface area contributed by atoms with Crippen molar-refractivity contribution in [2.75, 3.05) is 33.3 Å². The molecule has 148 valence electrons. The van der Waals surface area contributed by atoms with Gasteiger partial charge in [0.1, 0.15) is 5.75 Å². The smallest absolute Gasteiger partial charge is 0.240 e. The number of nitrogens with one attached hydrogen (secondary N) is 2. The van der Waals surface area contributed by atoms with E-state index in [0.717, 1.165) is 25.9 Å². The molecule has 2 rings (SSSR count). The summed E-state index contributed by atoms with van der Waals surface area (Å²) in [5.41, 5.74) is 0. The molecule has 1 aliphatic heterocycles. The molecule has 1 saturated heterocycles. The number of halogens is 1. The number of sulfonamides is 1. The molecule has 26 heavy (non-hydrogen) atoms. The molecule has 1 aromatic rings. The molecular weight excluding hydrogens is 378 g/mol. The van der Waals surface area contributed by atoms with Gasteiger partial charge in [-0.05, 0) is 51.1 Å². The van der Waals surface area contributed by atoms with Crippen molar-refractivity contribution in [3.05, 3.63) is 24.3 Å². The summed E-state index contributed by atoms with van der Waals surface area (Å²) < 4.78 is 32.3. The molecule has 0 aliphatic carbocycles. The van der Waals surface area contributed by atoms with Crippen molar-refractivity contribution in [1.29, 1.82) is 0 Å². The lowest BCUT2D eigenvalue weighted by Gasteiger charge is -2.31. The standard InChI is InChI=1S/C17H27N3O4S.ClH/c1-3-24-15-4-6-16(7-5-15)25(22,23)19-11-8-17(21)20-12-9-14(18-2)10-13-20;/h4-7,14,18-19H,3,8-13H2,1-2H3;1H. The van der Waals surface area contributed by atoms with E-state index in [1.165, 1.54) is 12.1 Å². The average Bonchev–Trinajstić information content (AvgIpc) is 2.62. The van der Waals surface area contributed by atoms with Crippen LogP contribution in [0.4, 0.5) is 0 Å². The number of benzene rings is 1. The minimum Gasteiger partial charge on any atom is -0.494 e. The summed E-state index contributed by atoms with van der Waals surface area (Å²) in [5, 5.41) is 3.22. The second-order valence-electron chi connectivity index (χ2n) is 6.00. The van der Waals surface area contributed by atoms with E-state index < -0.39 is 10.0 Å². The first kappa shape index (κ1) is 22.7. The highest BCUT2D eigenvalue weighted by Crippen LogP contribution is 2.16. The van der Waals surface area contributed by atoms with Crippen molar-refractivity contribution in [2.45, 2.75) is 37.1 Å². The third-order valence-electron chi connectivity index (χ3n) is 4.33. The molecule has 1 fully saturated rings. The summed E-state index contributed by atoms with van der Waals surface area (Å²) >= 11 is 0. The van der Waals surface area contributed by atoms with Crippen LogP contribution in [-0.4, -0.2) is 58.6 Å². The van der Waals surface area contributed by atoms with E-state index in [2.05, 4.69) is 10.0 Å². The third-order valence-corrected chi connectivity index (χ3v) is 5.81. The predicted octanol–water partition coefficient (Wildman–Crippen LogP) is 1.39. The molecule has 0 unspecified atom stereocenters. The van der Waals surface area contributed by atoms with Crippen LogP contribution in [0.15, 0.2) is 29.2 Å². The van der Waals surface area contributed by atoms with Gasteiger partial charge in [0.2, 0.25) is 15.9 Å². The molecule has 7 nitrogen and oxygen atoms in total. The molecule has 0 bridgehead atoms. The Morgan fingerprint density at radius 3 is 2.38 bits per heavy atom. The molecule has 0 spiro atoms. The van der Waals surface area contributed by atoms with E-state index in [4.69, 9.17) is 4.74 Å². The second kappa shape index (κ2) is 10.7. The van der Waals surface area contributed by atoms with Gasteiger partial charge in [-0.1, -0.05) is 0 Å². The van der Waals surface area contributed by atoms with E-state index in [1.54, 1.807) is 17.0 Å². The number of hydrogen-bond donors (Lipinski definition) is 2. The highest BCUT2D eigenvalue weighted by Gasteiger charge is 2.22. The summed E-state index contributed by atoms with van der Waals surface area (Å²) in [6.45, 7) is 3.93. The number of rotatable bonds is 8. The molecule has 9 heteroatoms. The fourth-order valence-corrected chi connectivity index (χ4v) is 3.86. The molecule has 1 heterocycles.